The number of amides is 1. The molecule has 2 aliphatic rings. The molecule has 6 nitrogen and oxygen atoms in total. The van der Waals surface area contributed by atoms with E-state index in [9.17, 15) is 14.7 Å². The number of nitrogens with two attached hydrogens (primary N) is 1. The summed E-state index contributed by atoms with van der Waals surface area (Å²) in [5.74, 6) is -0.794. The van der Waals surface area contributed by atoms with Crippen molar-refractivity contribution in [2.45, 2.75) is 19.3 Å². The maximum atomic E-state index is 12.8. The minimum Gasteiger partial charge on any atom is -0.489 e. The molecule has 1 fully saturated rings. The number of anilines is 1. The van der Waals surface area contributed by atoms with Gasteiger partial charge in [-0.25, -0.2) is 4.79 Å². The Morgan fingerprint density at radius 2 is 2.14 bits per heavy atom. The zero-order chi connectivity index (χ0) is 15.0. The molecule has 1 amide bonds. The van der Waals surface area contributed by atoms with Crippen LogP contribution in [0, 0.1) is 5.41 Å². The summed E-state index contributed by atoms with van der Waals surface area (Å²) in [6.45, 7) is 1.05. The van der Waals surface area contributed by atoms with Gasteiger partial charge in [0.15, 0.2) is 5.75 Å². The number of carbonyl (C=O) groups is 2. The van der Waals surface area contributed by atoms with E-state index in [1.807, 2.05) is 0 Å². The zero-order valence-corrected chi connectivity index (χ0v) is 11.7. The molecule has 0 saturated heterocycles. The number of rotatable bonds is 3. The van der Waals surface area contributed by atoms with E-state index in [-0.39, 0.29) is 17.2 Å². The monoisotopic (exact) mass is 290 g/mol. The van der Waals surface area contributed by atoms with Crippen LogP contribution in [0.3, 0.4) is 0 Å². The highest BCUT2D eigenvalue weighted by atomic mass is 16.5. The fourth-order valence-electron chi connectivity index (χ4n) is 3.02. The second-order valence-corrected chi connectivity index (χ2v) is 5.60. The molecule has 6 heteroatoms. The molecule has 1 saturated carbocycles. The number of hydrogen-bond donors (Lipinski definition) is 2. The van der Waals surface area contributed by atoms with Gasteiger partial charge in [0.1, 0.15) is 12.2 Å². The highest BCUT2D eigenvalue weighted by Crippen LogP contribution is 2.44. The van der Waals surface area contributed by atoms with Gasteiger partial charge in [-0.05, 0) is 25.0 Å². The Morgan fingerprint density at radius 1 is 1.38 bits per heavy atom. The summed E-state index contributed by atoms with van der Waals surface area (Å²) in [7, 11) is 0. The van der Waals surface area contributed by atoms with E-state index >= 15 is 0 Å². The average Bonchev–Trinajstić information content (AvgIpc) is 2.45. The second-order valence-electron chi connectivity index (χ2n) is 5.60. The molecule has 1 aliphatic heterocycles. The Morgan fingerprint density at radius 3 is 2.71 bits per heavy atom. The molecule has 0 unspecified atom stereocenters. The number of benzene rings is 1. The van der Waals surface area contributed by atoms with E-state index in [4.69, 9.17) is 10.5 Å². The fourth-order valence-corrected chi connectivity index (χ4v) is 3.02. The third kappa shape index (κ3) is 2.06. The zero-order valence-electron chi connectivity index (χ0n) is 11.7. The Kier molecular flexibility index (Phi) is 3.33. The summed E-state index contributed by atoms with van der Waals surface area (Å²) in [6, 6.07) is 4.84. The van der Waals surface area contributed by atoms with Crippen LogP contribution in [0.2, 0.25) is 0 Å². The van der Waals surface area contributed by atoms with Gasteiger partial charge in [-0.3, -0.25) is 4.79 Å². The molecule has 112 valence electrons. The molecular weight excluding hydrogens is 272 g/mol. The largest absolute Gasteiger partial charge is 0.489 e. The van der Waals surface area contributed by atoms with Crippen LogP contribution >= 0.6 is 0 Å². The average molecular weight is 290 g/mol. The van der Waals surface area contributed by atoms with Crippen LogP contribution in [0.1, 0.15) is 29.6 Å². The highest BCUT2D eigenvalue weighted by Gasteiger charge is 2.46. The number of ether oxygens (including phenoxy) is 1. The van der Waals surface area contributed by atoms with Gasteiger partial charge in [-0.2, -0.15) is 0 Å². The van der Waals surface area contributed by atoms with E-state index in [1.165, 1.54) is 6.07 Å². The standard InChI is InChI=1S/C15H18N2O4/c16-9-15(5-2-6-15)14(20)17-7-8-21-12-10(13(18)19)3-1-4-11(12)17/h1,3-4H,2,5-9,16H2,(H,18,19). The van der Waals surface area contributed by atoms with Gasteiger partial charge < -0.3 is 20.5 Å². The van der Waals surface area contributed by atoms with Crippen LogP contribution in [0.15, 0.2) is 18.2 Å². The first-order valence-electron chi connectivity index (χ1n) is 7.10. The van der Waals surface area contributed by atoms with Gasteiger partial charge in [0.2, 0.25) is 5.91 Å². The van der Waals surface area contributed by atoms with Gasteiger partial charge in [0, 0.05) is 6.54 Å². The van der Waals surface area contributed by atoms with Crippen LogP contribution < -0.4 is 15.4 Å². The topological polar surface area (TPSA) is 92.9 Å². The summed E-state index contributed by atoms with van der Waals surface area (Å²) in [5.41, 5.74) is 5.94. The van der Waals surface area contributed by atoms with Crippen molar-refractivity contribution >= 4 is 17.6 Å². The number of para-hydroxylation sites is 1. The quantitative estimate of drug-likeness (QED) is 0.873. The third-order valence-corrected chi connectivity index (χ3v) is 4.48. The van der Waals surface area contributed by atoms with E-state index in [2.05, 4.69) is 0 Å². The molecule has 1 heterocycles. The minimum absolute atomic E-state index is 0.0108. The van der Waals surface area contributed by atoms with Crippen LogP contribution in [-0.2, 0) is 4.79 Å². The second kappa shape index (κ2) is 5.04. The number of aromatic carboxylic acids is 1. The molecule has 0 spiro atoms. The molecule has 1 aliphatic carbocycles. The summed E-state index contributed by atoms with van der Waals surface area (Å²) < 4.78 is 5.49. The Hall–Kier alpha value is -2.08. The normalized spacial score (nSPS) is 19.2. The van der Waals surface area contributed by atoms with Gasteiger partial charge in [-0.1, -0.05) is 12.5 Å². The van der Waals surface area contributed by atoms with Crippen molar-refractivity contribution in [3.8, 4) is 5.75 Å². The van der Waals surface area contributed by atoms with Crippen LogP contribution in [0.25, 0.3) is 0 Å². The summed E-state index contributed by atoms with van der Waals surface area (Å²) in [6.07, 6.45) is 2.61. The van der Waals surface area contributed by atoms with Crippen molar-refractivity contribution in [3.05, 3.63) is 23.8 Å². The molecule has 1 aromatic rings. The van der Waals surface area contributed by atoms with Crippen molar-refractivity contribution in [1.82, 2.24) is 0 Å². The Balaban J connectivity index is 1.99. The van der Waals surface area contributed by atoms with Crippen LogP contribution in [0.4, 0.5) is 5.69 Å². The van der Waals surface area contributed by atoms with E-state index < -0.39 is 11.4 Å². The lowest BCUT2D eigenvalue weighted by Gasteiger charge is -2.44. The molecule has 3 rings (SSSR count). The smallest absolute Gasteiger partial charge is 0.339 e. The number of carboxylic acid groups (broad SMARTS) is 1. The SMILES string of the molecule is NCC1(C(=O)N2CCOc3c(C(=O)O)cccc32)CCC1. The van der Waals surface area contributed by atoms with Gasteiger partial charge in [0.25, 0.3) is 0 Å². The lowest BCUT2D eigenvalue weighted by Crippen LogP contribution is -2.54. The van der Waals surface area contributed by atoms with Crippen molar-refractivity contribution in [1.29, 1.82) is 0 Å². The van der Waals surface area contributed by atoms with E-state index in [0.717, 1.165) is 19.3 Å². The first-order chi connectivity index (χ1) is 10.1. The number of carbonyl (C=O) groups excluding carboxylic acids is 1. The minimum atomic E-state index is -1.06. The van der Waals surface area contributed by atoms with Crippen molar-refractivity contribution in [3.63, 3.8) is 0 Å². The molecule has 0 bridgehead atoms. The molecule has 0 aromatic heterocycles. The first kappa shape index (κ1) is 13.9. The molecule has 0 atom stereocenters. The predicted molar refractivity (Wildman–Crippen MR) is 76.6 cm³/mol. The van der Waals surface area contributed by atoms with Gasteiger partial charge in [0.05, 0.1) is 17.6 Å². The number of nitrogens with zero attached hydrogens (tertiary/aromatic N) is 1. The molecular formula is C15H18N2O4. The number of hydrogen-bond acceptors (Lipinski definition) is 4. The summed E-state index contributed by atoms with van der Waals surface area (Å²) >= 11 is 0. The molecule has 21 heavy (non-hydrogen) atoms. The van der Waals surface area contributed by atoms with Crippen LogP contribution in [-0.4, -0.2) is 36.7 Å². The number of fused-ring (bicyclic) bond motifs is 1. The predicted octanol–water partition coefficient (Wildman–Crippen LogP) is 1.24. The lowest BCUT2D eigenvalue weighted by molar-refractivity contribution is -0.132. The number of carboxylic acids is 1. The molecule has 3 N–H and O–H groups in total. The maximum absolute atomic E-state index is 12.8. The van der Waals surface area contributed by atoms with Crippen molar-refractivity contribution < 1.29 is 19.4 Å². The maximum Gasteiger partial charge on any atom is 0.339 e. The van der Waals surface area contributed by atoms with Gasteiger partial charge >= 0.3 is 5.97 Å². The Labute approximate surface area is 122 Å². The van der Waals surface area contributed by atoms with Crippen molar-refractivity contribution in [2.75, 3.05) is 24.6 Å². The summed E-state index contributed by atoms with van der Waals surface area (Å²) in [5, 5.41) is 9.23. The molecule has 1 aromatic carbocycles. The van der Waals surface area contributed by atoms with Gasteiger partial charge in [-0.15, -0.1) is 0 Å². The fraction of sp³-hybridized carbons (Fsp3) is 0.467. The lowest BCUT2D eigenvalue weighted by atomic mass is 9.67. The Bertz CT molecular complexity index is 590. The molecule has 0 radical (unpaired) electrons. The third-order valence-electron chi connectivity index (χ3n) is 4.48. The van der Waals surface area contributed by atoms with Crippen LogP contribution in [0.5, 0.6) is 5.75 Å². The van der Waals surface area contributed by atoms with E-state index in [0.29, 0.717) is 25.4 Å². The first-order valence-corrected chi connectivity index (χ1v) is 7.10. The highest BCUT2D eigenvalue weighted by molar-refractivity contribution is 6.02. The van der Waals surface area contributed by atoms with Crippen molar-refractivity contribution in [2.24, 2.45) is 11.1 Å². The van der Waals surface area contributed by atoms with E-state index in [1.54, 1.807) is 17.0 Å². The summed E-state index contributed by atoms with van der Waals surface area (Å²) in [4.78, 5) is 25.7.